The van der Waals surface area contributed by atoms with Gasteiger partial charge in [-0.15, -0.1) is 0 Å². The molecule has 42 heavy (non-hydrogen) atoms. The molecule has 0 N–H and O–H groups in total. The number of para-hydroxylation sites is 1. The average Bonchev–Trinajstić information content (AvgIpc) is 3.18. The second-order valence-electron chi connectivity index (χ2n) is 11.5. The Kier molecular flexibility index (Phi) is 6.22. The van der Waals surface area contributed by atoms with Gasteiger partial charge in [0.2, 0.25) is 0 Å². The van der Waals surface area contributed by atoms with Crippen LogP contribution in [0.1, 0.15) is 36.0 Å². The summed E-state index contributed by atoms with van der Waals surface area (Å²) in [5.74, 6) is 0.712. The molecule has 3 aromatic carbocycles. The van der Waals surface area contributed by atoms with Crippen molar-refractivity contribution in [1.82, 2.24) is 4.98 Å². The number of aliphatic imine (C=N–C) groups is 2. The highest BCUT2D eigenvalue weighted by atomic mass is 14.8. The van der Waals surface area contributed by atoms with E-state index in [2.05, 4.69) is 127 Å². The van der Waals surface area contributed by atoms with E-state index in [-0.39, 0.29) is 0 Å². The van der Waals surface area contributed by atoms with Crippen LogP contribution in [0.5, 0.6) is 0 Å². The molecule has 202 valence electrons. The minimum atomic E-state index is 0.307. The van der Waals surface area contributed by atoms with E-state index in [0.717, 1.165) is 64.9 Å². The molecule has 1 aromatic heterocycles. The van der Waals surface area contributed by atoms with Crippen LogP contribution < -0.4 is 0 Å². The number of pyridine rings is 1. The first-order valence-corrected chi connectivity index (χ1v) is 15.0. The van der Waals surface area contributed by atoms with E-state index >= 15 is 0 Å². The second-order valence-corrected chi connectivity index (χ2v) is 11.5. The summed E-state index contributed by atoms with van der Waals surface area (Å²) in [6, 6.07) is 27.8. The zero-order chi connectivity index (χ0) is 27.9. The molecule has 0 fully saturated rings. The van der Waals surface area contributed by atoms with Gasteiger partial charge in [0.05, 0.1) is 22.6 Å². The third-order valence-corrected chi connectivity index (χ3v) is 8.74. The van der Waals surface area contributed by atoms with Crippen molar-refractivity contribution in [3.05, 3.63) is 144 Å². The van der Waals surface area contributed by atoms with Crippen LogP contribution in [0.3, 0.4) is 0 Å². The van der Waals surface area contributed by atoms with Crippen LogP contribution in [0.25, 0.3) is 33.4 Å². The maximum Gasteiger partial charge on any atom is 0.0781 e. The topological polar surface area (TPSA) is 37.6 Å². The molecule has 0 saturated carbocycles. The zero-order valence-corrected chi connectivity index (χ0v) is 23.4. The molecule has 0 radical (unpaired) electrons. The van der Waals surface area contributed by atoms with Gasteiger partial charge in [0.25, 0.3) is 0 Å². The normalized spacial score (nSPS) is 22.3. The number of benzene rings is 3. The summed E-state index contributed by atoms with van der Waals surface area (Å²) in [5, 5.41) is 1.13. The SMILES string of the molecule is C1=CC2=NC(c3ccccc3)=CC(C=C1c1cccc(-c3nc4ccccc4c4c3CC3CC/C=C\C=C/C3=N4)c1)C2. The summed E-state index contributed by atoms with van der Waals surface area (Å²) in [4.78, 5) is 15.5. The molecule has 8 rings (SSSR count). The first kappa shape index (κ1) is 24.9. The highest BCUT2D eigenvalue weighted by Gasteiger charge is 2.27. The Bertz CT molecular complexity index is 1930. The van der Waals surface area contributed by atoms with Crippen molar-refractivity contribution in [3.63, 3.8) is 0 Å². The van der Waals surface area contributed by atoms with Gasteiger partial charge in [-0.25, -0.2) is 4.98 Å². The average molecular weight is 542 g/mol. The standard InChI is InChI=1S/C39H31N3/c1-2-7-17-35-30(13-4-1)25-34-38(42-36-18-9-8-16-33(36)39(34)41-35)31-15-10-14-28(24-31)29-19-20-32-22-26(21-29)23-37(40-32)27-11-5-3-6-12-27/h1-3,5-12,14-21,23-24,26,30H,4,13,22,25H2/b2-1-,17-7-. The third kappa shape index (κ3) is 4.61. The zero-order valence-electron chi connectivity index (χ0n) is 23.4. The van der Waals surface area contributed by atoms with Gasteiger partial charge >= 0.3 is 0 Å². The summed E-state index contributed by atoms with van der Waals surface area (Å²) in [7, 11) is 0. The van der Waals surface area contributed by atoms with Crippen LogP contribution >= 0.6 is 0 Å². The van der Waals surface area contributed by atoms with Crippen LogP contribution in [-0.4, -0.2) is 16.4 Å². The molecule has 2 aliphatic heterocycles. The molecule has 3 heteroatoms. The van der Waals surface area contributed by atoms with E-state index in [1.54, 1.807) is 0 Å². The first-order chi connectivity index (χ1) is 20.8. The van der Waals surface area contributed by atoms with Crippen LogP contribution in [0.15, 0.2) is 137 Å². The highest BCUT2D eigenvalue weighted by molar-refractivity contribution is 6.06. The van der Waals surface area contributed by atoms with Gasteiger partial charge in [-0.1, -0.05) is 103 Å². The third-order valence-electron chi connectivity index (χ3n) is 8.74. The predicted molar refractivity (Wildman–Crippen MR) is 176 cm³/mol. The molecule has 0 saturated heterocycles. The molecular weight excluding hydrogens is 510 g/mol. The number of hydrogen-bond donors (Lipinski definition) is 0. The molecule has 2 unspecified atom stereocenters. The summed E-state index contributed by atoms with van der Waals surface area (Å²) >= 11 is 0. The fourth-order valence-corrected chi connectivity index (χ4v) is 6.65. The summed E-state index contributed by atoms with van der Waals surface area (Å²) in [5.41, 5.74) is 12.5. The molecule has 4 aromatic rings. The Morgan fingerprint density at radius 1 is 0.690 bits per heavy atom. The molecular formula is C39H31N3. The van der Waals surface area contributed by atoms with E-state index in [9.17, 15) is 0 Å². The predicted octanol–water partition coefficient (Wildman–Crippen LogP) is 9.51. The second kappa shape index (κ2) is 10.5. The fraction of sp³-hybridized carbons (Fsp3) is 0.154. The van der Waals surface area contributed by atoms with Gasteiger partial charge in [-0.05, 0) is 66.7 Å². The van der Waals surface area contributed by atoms with Gasteiger partial charge in [0.1, 0.15) is 0 Å². The number of fused-ring (bicyclic) bond motifs is 6. The van der Waals surface area contributed by atoms with Crippen molar-refractivity contribution in [3.8, 4) is 11.3 Å². The van der Waals surface area contributed by atoms with Crippen LogP contribution in [0.4, 0.5) is 5.69 Å². The van der Waals surface area contributed by atoms with Crippen molar-refractivity contribution in [1.29, 1.82) is 0 Å². The number of aromatic nitrogens is 1. The van der Waals surface area contributed by atoms with Crippen molar-refractivity contribution >= 4 is 39.3 Å². The number of allylic oxidation sites excluding steroid dienone is 9. The minimum absolute atomic E-state index is 0.307. The maximum absolute atomic E-state index is 5.29. The van der Waals surface area contributed by atoms with Crippen LogP contribution in [0.2, 0.25) is 0 Å². The first-order valence-electron chi connectivity index (χ1n) is 15.0. The van der Waals surface area contributed by atoms with Gasteiger partial charge < -0.3 is 0 Å². The molecule has 4 aliphatic rings. The number of hydrogen-bond acceptors (Lipinski definition) is 3. The van der Waals surface area contributed by atoms with Gasteiger partial charge in [0.15, 0.2) is 0 Å². The maximum atomic E-state index is 5.29. The Labute approximate surface area is 246 Å². The number of nitrogens with zero attached hydrogens (tertiary/aromatic N) is 3. The van der Waals surface area contributed by atoms with Gasteiger partial charge in [-0.2, -0.15) is 0 Å². The van der Waals surface area contributed by atoms with Crippen molar-refractivity contribution in [2.45, 2.75) is 25.7 Å². The molecule has 3 nitrogen and oxygen atoms in total. The summed E-state index contributed by atoms with van der Waals surface area (Å²) in [6.07, 6.45) is 21.9. The lowest BCUT2D eigenvalue weighted by Crippen LogP contribution is -2.20. The molecule has 2 aliphatic carbocycles. The molecule has 2 atom stereocenters. The van der Waals surface area contributed by atoms with Gasteiger partial charge in [0, 0.05) is 39.8 Å². The Morgan fingerprint density at radius 2 is 1.55 bits per heavy atom. The van der Waals surface area contributed by atoms with Gasteiger partial charge in [-0.3, -0.25) is 9.98 Å². The van der Waals surface area contributed by atoms with Crippen molar-refractivity contribution in [2.75, 3.05) is 0 Å². The minimum Gasteiger partial charge on any atom is -0.253 e. The quantitative estimate of drug-likeness (QED) is 0.254. The Hall–Kier alpha value is -4.89. The van der Waals surface area contributed by atoms with Crippen molar-refractivity contribution in [2.24, 2.45) is 21.8 Å². The van der Waals surface area contributed by atoms with E-state index in [4.69, 9.17) is 15.0 Å². The molecule has 2 bridgehead atoms. The highest BCUT2D eigenvalue weighted by Crippen LogP contribution is 2.42. The van der Waals surface area contributed by atoms with E-state index in [1.165, 1.54) is 28.0 Å². The Balaban J connectivity index is 1.22. The monoisotopic (exact) mass is 541 g/mol. The largest absolute Gasteiger partial charge is 0.253 e. The van der Waals surface area contributed by atoms with E-state index < -0.39 is 0 Å². The fourth-order valence-electron chi connectivity index (χ4n) is 6.65. The van der Waals surface area contributed by atoms with Crippen LogP contribution in [-0.2, 0) is 6.42 Å². The molecule has 3 heterocycles. The smallest absolute Gasteiger partial charge is 0.0781 e. The molecule has 0 spiro atoms. The van der Waals surface area contributed by atoms with E-state index in [1.807, 2.05) is 0 Å². The Morgan fingerprint density at radius 3 is 2.50 bits per heavy atom. The number of rotatable bonds is 3. The van der Waals surface area contributed by atoms with E-state index in [0.29, 0.717) is 11.8 Å². The summed E-state index contributed by atoms with van der Waals surface area (Å²) in [6.45, 7) is 0. The van der Waals surface area contributed by atoms with Crippen LogP contribution in [0, 0.1) is 11.8 Å². The van der Waals surface area contributed by atoms with Crippen molar-refractivity contribution < 1.29 is 0 Å². The lowest BCUT2D eigenvalue weighted by atomic mass is 9.83. The summed E-state index contributed by atoms with van der Waals surface area (Å²) < 4.78 is 0. The molecule has 0 amide bonds. The lowest BCUT2D eigenvalue weighted by molar-refractivity contribution is 0.624. The lowest BCUT2D eigenvalue weighted by Gasteiger charge is -2.26.